The van der Waals surface area contributed by atoms with Crippen molar-refractivity contribution in [3.05, 3.63) is 30.3 Å². The first-order chi connectivity index (χ1) is 11.3. The van der Waals surface area contributed by atoms with Crippen LogP contribution in [0.2, 0.25) is 0 Å². The molecule has 5 heteroatoms. The molecule has 0 spiro atoms. The summed E-state index contributed by atoms with van der Waals surface area (Å²) in [4.78, 5) is 16.9. The van der Waals surface area contributed by atoms with E-state index in [1.807, 2.05) is 0 Å². The molecular formula is C18H28N4O. The quantitative estimate of drug-likeness (QED) is 0.767. The topological polar surface area (TPSA) is 47.6 Å². The molecule has 1 amide bonds. The van der Waals surface area contributed by atoms with Crippen LogP contribution in [0.15, 0.2) is 30.3 Å². The molecule has 3 rings (SSSR count). The van der Waals surface area contributed by atoms with Gasteiger partial charge in [-0.25, -0.2) is 0 Å². The number of carbonyl (C=O) groups excluding carboxylic acids is 1. The maximum atomic E-state index is 11.9. The Morgan fingerprint density at radius 3 is 2.65 bits per heavy atom. The fraction of sp³-hybridized carbons (Fsp3) is 0.611. The summed E-state index contributed by atoms with van der Waals surface area (Å²) < 4.78 is 0. The second-order valence-corrected chi connectivity index (χ2v) is 6.50. The summed E-state index contributed by atoms with van der Waals surface area (Å²) in [6.07, 6.45) is 2.02. The Balaban J connectivity index is 1.29. The third-order valence-corrected chi connectivity index (χ3v) is 4.88. The average Bonchev–Trinajstić information content (AvgIpc) is 3.15. The van der Waals surface area contributed by atoms with E-state index in [4.69, 9.17) is 0 Å². The number of para-hydroxylation sites is 1. The Morgan fingerprint density at radius 1 is 1.17 bits per heavy atom. The van der Waals surface area contributed by atoms with E-state index in [1.165, 1.54) is 5.69 Å². The number of piperazine rings is 1. The van der Waals surface area contributed by atoms with Crippen molar-refractivity contribution in [1.29, 1.82) is 0 Å². The minimum Gasteiger partial charge on any atom is -0.369 e. The predicted octanol–water partition coefficient (Wildman–Crippen LogP) is 0.924. The van der Waals surface area contributed by atoms with E-state index in [0.717, 1.165) is 65.2 Å². The van der Waals surface area contributed by atoms with Crippen molar-refractivity contribution in [2.24, 2.45) is 5.92 Å². The molecule has 0 aliphatic carbocycles. The molecule has 2 fully saturated rings. The molecule has 0 aromatic heterocycles. The molecule has 0 radical (unpaired) electrons. The third-order valence-electron chi connectivity index (χ3n) is 4.88. The Labute approximate surface area is 139 Å². The van der Waals surface area contributed by atoms with Crippen LogP contribution in [0.5, 0.6) is 0 Å². The molecule has 1 unspecified atom stereocenters. The molecule has 2 aliphatic heterocycles. The van der Waals surface area contributed by atoms with Crippen LogP contribution in [0.25, 0.3) is 0 Å². The van der Waals surface area contributed by atoms with Crippen LogP contribution in [0.1, 0.15) is 12.8 Å². The van der Waals surface area contributed by atoms with Gasteiger partial charge >= 0.3 is 0 Å². The Hall–Kier alpha value is -1.59. The number of nitrogens with one attached hydrogen (secondary N) is 2. The predicted molar refractivity (Wildman–Crippen MR) is 93.7 cm³/mol. The summed E-state index contributed by atoms with van der Waals surface area (Å²) >= 11 is 0. The second kappa shape index (κ2) is 8.31. The van der Waals surface area contributed by atoms with Gasteiger partial charge in [0.25, 0.3) is 0 Å². The molecule has 2 heterocycles. The van der Waals surface area contributed by atoms with Gasteiger partial charge in [0.2, 0.25) is 5.91 Å². The maximum absolute atomic E-state index is 11.9. The summed E-state index contributed by atoms with van der Waals surface area (Å²) in [6, 6.07) is 10.6. The zero-order chi connectivity index (χ0) is 15.9. The van der Waals surface area contributed by atoms with Crippen LogP contribution in [0.3, 0.4) is 0 Å². The Morgan fingerprint density at radius 2 is 1.96 bits per heavy atom. The van der Waals surface area contributed by atoms with Gasteiger partial charge in [0, 0.05) is 45.0 Å². The van der Waals surface area contributed by atoms with E-state index in [9.17, 15) is 4.79 Å². The number of anilines is 1. The minimum atomic E-state index is 0.185. The smallest absolute Gasteiger partial charge is 0.224 e. The van der Waals surface area contributed by atoms with Gasteiger partial charge in [-0.15, -0.1) is 0 Å². The van der Waals surface area contributed by atoms with Crippen molar-refractivity contribution in [2.45, 2.75) is 12.8 Å². The molecule has 1 aromatic rings. The van der Waals surface area contributed by atoms with Gasteiger partial charge in [-0.1, -0.05) is 18.2 Å². The fourth-order valence-electron chi connectivity index (χ4n) is 3.41. The van der Waals surface area contributed by atoms with Gasteiger partial charge in [0.05, 0.1) is 5.92 Å². The van der Waals surface area contributed by atoms with Gasteiger partial charge in [0.1, 0.15) is 0 Å². The summed E-state index contributed by atoms with van der Waals surface area (Å²) in [5.74, 6) is 0.410. The molecule has 1 aromatic carbocycles. The highest BCUT2D eigenvalue weighted by atomic mass is 16.1. The summed E-state index contributed by atoms with van der Waals surface area (Å²) in [5.41, 5.74) is 1.32. The normalized spacial score (nSPS) is 22.3. The molecule has 0 bridgehead atoms. The van der Waals surface area contributed by atoms with Gasteiger partial charge < -0.3 is 15.5 Å². The van der Waals surface area contributed by atoms with E-state index >= 15 is 0 Å². The number of rotatable bonds is 6. The zero-order valence-corrected chi connectivity index (χ0v) is 13.8. The Bertz CT molecular complexity index is 479. The van der Waals surface area contributed by atoms with E-state index < -0.39 is 0 Å². The van der Waals surface area contributed by atoms with Crippen molar-refractivity contribution < 1.29 is 4.79 Å². The van der Waals surface area contributed by atoms with Crippen molar-refractivity contribution in [3.8, 4) is 0 Å². The monoisotopic (exact) mass is 316 g/mol. The second-order valence-electron chi connectivity index (χ2n) is 6.50. The average molecular weight is 316 g/mol. The van der Waals surface area contributed by atoms with Crippen molar-refractivity contribution in [1.82, 2.24) is 15.5 Å². The molecule has 2 saturated heterocycles. The lowest BCUT2D eigenvalue weighted by molar-refractivity contribution is -0.124. The minimum absolute atomic E-state index is 0.185. The highest BCUT2D eigenvalue weighted by Gasteiger charge is 2.22. The van der Waals surface area contributed by atoms with Crippen LogP contribution in [0, 0.1) is 5.92 Å². The van der Waals surface area contributed by atoms with Crippen molar-refractivity contribution in [3.63, 3.8) is 0 Å². The number of hydrogen-bond donors (Lipinski definition) is 2. The number of benzene rings is 1. The van der Waals surface area contributed by atoms with Gasteiger partial charge in [-0.2, -0.15) is 0 Å². The van der Waals surface area contributed by atoms with E-state index in [-0.39, 0.29) is 11.8 Å². The van der Waals surface area contributed by atoms with Gasteiger partial charge in [-0.05, 0) is 38.1 Å². The number of carbonyl (C=O) groups is 1. The van der Waals surface area contributed by atoms with Crippen molar-refractivity contribution in [2.75, 3.05) is 57.3 Å². The molecule has 23 heavy (non-hydrogen) atoms. The summed E-state index contributed by atoms with van der Waals surface area (Å²) in [6.45, 7) is 8.08. The Kier molecular flexibility index (Phi) is 5.88. The molecule has 5 nitrogen and oxygen atoms in total. The lowest BCUT2D eigenvalue weighted by atomic mass is 10.1. The van der Waals surface area contributed by atoms with E-state index in [2.05, 4.69) is 50.8 Å². The molecule has 2 aliphatic rings. The van der Waals surface area contributed by atoms with Gasteiger partial charge in [0.15, 0.2) is 0 Å². The van der Waals surface area contributed by atoms with Crippen LogP contribution < -0.4 is 15.5 Å². The van der Waals surface area contributed by atoms with Crippen LogP contribution in [-0.2, 0) is 4.79 Å². The van der Waals surface area contributed by atoms with E-state index in [0.29, 0.717) is 0 Å². The zero-order valence-electron chi connectivity index (χ0n) is 13.8. The molecule has 1 atom stereocenters. The first-order valence-corrected chi connectivity index (χ1v) is 8.84. The summed E-state index contributed by atoms with van der Waals surface area (Å²) in [7, 11) is 0. The first kappa shape index (κ1) is 16.3. The van der Waals surface area contributed by atoms with Crippen molar-refractivity contribution >= 4 is 11.6 Å². The highest BCUT2D eigenvalue weighted by Crippen LogP contribution is 2.15. The SMILES string of the molecule is O=C(NCCCN1CCN(c2ccccc2)CC1)C1CCNC1. The van der Waals surface area contributed by atoms with Gasteiger partial charge in [-0.3, -0.25) is 9.69 Å². The van der Waals surface area contributed by atoms with Crippen LogP contribution in [-0.4, -0.2) is 63.2 Å². The molecule has 126 valence electrons. The maximum Gasteiger partial charge on any atom is 0.224 e. The largest absolute Gasteiger partial charge is 0.369 e. The number of amides is 1. The third kappa shape index (κ3) is 4.69. The summed E-state index contributed by atoms with van der Waals surface area (Å²) in [5, 5.41) is 6.32. The lowest BCUT2D eigenvalue weighted by Crippen LogP contribution is -2.47. The number of hydrogen-bond acceptors (Lipinski definition) is 4. The standard InChI is InChI=1S/C18H28N4O/c23-18(16-7-9-19-15-16)20-8-4-10-21-11-13-22(14-12-21)17-5-2-1-3-6-17/h1-3,5-6,16,19H,4,7-15H2,(H,20,23). The fourth-order valence-corrected chi connectivity index (χ4v) is 3.41. The molecular weight excluding hydrogens is 288 g/mol. The molecule has 2 N–H and O–H groups in total. The first-order valence-electron chi connectivity index (χ1n) is 8.84. The number of nitrogens with zero attached hydrogens (tertiary/aromatic N) is 2. The highest BCUT2D eigenvalue weighted by molar-refractivity contribution is 5.79. The van der Waals surface area contributed by atoms with Crippen LogP contribution in [0.4, 0.5) is 5.69 Å². The lowest BCUT2D eigenvalue weighted by Gasteiger charge is -2.36. The van der Waals surface area contributed by atoms with E-state index in [1.54, 1.807) is 0 Å². The van der Waals surface area contributed by atoms with Crippen LogP contribution >= 0.6 is 0 Å². The molecule has 0 saturated carbocycles.